The van der Waals surface area contributed by atoms with Crippen LogP contribution in [0.2, 0.25) is 0 Å². The summed E-state index contributed by atoms with van der Waals surface area (Å²) in [6, 6.07) is 6.01. The van der Waals surface area contributed by atoms with Gasteiger partial charge in [0.2, 0.25) is 5.91 Å². The summed E-state index contributed by atoms with van der Waals surface area (Å²) in [7, 11) is 0. The molecule has 4 rings (SSSR count). The zero-order valence-electron chi connectivity index (χ0n) is 15.8. The van der Waals surface area contributed by atoms with Crippen molar-refractivity contribution in [2.45, 2.75) is 58.2 Å². The highest BCUT2D eigenvalue weighted by atomic mass is 16.5. The molecule has 1 atom stereocenters. The van der Waals surface area contributed by atoms with Crippen molar-refractivity contribution in [2.24, 2.45) is 11.3 Å². The first-order valence-electron chi connectivity index (χ1n) is 10.0. The van der Waals surface area contributed by atoms with Crippen LogP contribution >= 0.6 is 0 Å². The van der Waals surface area contributed by atoms with Crippen LogP contribution < -0.4 is 0 Å². The number of carbonyl (C=O) groups excluding carboxylic acids is 1. The SMILES string of the molecule is Cc1cccc(COC[C@H]2CC3(CCN(C(=O)C4CCC4)CC3)CO2)n1. The Bertz CT molecular complexity index is 636. The second-order valence-electron chi connectivity index (χ2n) is 8.38. The van der Waals surface area contributed by atoms with E-state index in [0.717, 1.165) is 63.2 Å². The fourth-order valence-electron chi connectivity index (χ4n) is 4.44. The number of ether oxygens (including phenoxy) is 2. The molecule has 1 amide bonds. The molecule has 1 spiro atoms. The number of hydrogen-bond donors (Lipinski definition) is 0. The van der Waals surface area contributed by atoms with Crippen LogP contribution in [0.1, 0.15) is 49.9 Å². The molecule has 0 unspecified atom stereocenters. The summed E-state index contributed by atoms with van der Waals surface area (Å²) in [6.07, 6.45) is 6.79. The summed E-state index contributed by atoms with van der Waals surface area (Å²) in [4.78, 5) is 19.0. The van der Waals surface area contributed by atoms with Crippen molar-refractivity contribution in [3.63, 3.8) is 0 Å². The number of rotatable bonds is 5. The highest BCUT2D eigenvalue weighted by Crippen LogP contribution is 2.42. The van der Waals surface area contributed by atoms with Crippen molar-refractivity contribution in [1.82, 2.24) is 9.88 Å². The van der Waals surface area contributed by atoms with Crippen molar-refractivity contribution >= 4 is 5.91 Å². The molecule has 1 aromatic rings. The van der Waals surface area contributed by atoms with Gasteiger partial charge in [-0.15, -0.1) is 0 Å². The van der Waals surface area contributed by atoms with Gasteiger partial charge in [0, 0.05) is 24.7 Å². The Morgan fingerprint density at radius 1 is 1.35 bits per heavy atom. The summed E-state index contributed by atoms with van der Waals surface area (Å²) in [5.74, 6) is 0.718. The molecule has 0 N–H and O–H groups in total. The maximum Gasteiger partial charge on any atom is 0.225 e. The van der Waals surface area contributed by atoms with Crippen LogP contribution in [0, 0.1) is 18.3 Å². The minimum absolute atomic E-state index is 0.175. The molecule has 26 heavy (non-hydrogen) atoms. The van der Waals surface area contributed by atoms with E-state index in [1.807, 2.05) is 25.1 Å². The number of amides is 1. The van der Waals surface area contributed by atoms with Crippen LogP contribution in [-0.2, 0) is 20.9 Å². The molecule has 2 aliphatic heterocycles. The third-order valence-electron chi connectivity index (χ3n) is 6.38. The minimum Gasteiger partial charge on any atom is -0.375 e. The maximum atomic E-state index is 12.4. The van der Waals surface area contributed by atoms with Crippen molar-refractivity contribution < 1.29 is 14.3 Å². The van der Waals surface area contributed by atoms with Gasteiger partial charge in [0.05, 0.1) is 31.6 Å². The molecule has 5 heteroatoms. The molecule has 3 heterocycles. The summed E-state index contributed by atoms with van der Waals surface area (Å²) < 4.78 is 11.9. The van der Waals surface area contributed by atoms with Crippen LogP contribution in [0.25, 0.3) is 0 Å². The van der Waals surface area contributed by atoms with Gasteiger partial charge in [0.25, 0.3) is 0 Å². The Morgan fingerprint density at radius 3 is 2.85 bits per heavy atom. The number of pyridine rings is 1. The Labute approximate surface area is 156 Å². The van der Waals surface area contributed by atoms with Gasteiger partial charge in [-0.2, -0.15) is 0 Å². The average molecular weight is 358 g/mol. The number of carbonyl (C=O) groups is 1. The predicted octanol–water partition coefficient (Wildman–Crippen LogP) is 3.10. The van der Waals surface area contributed by atoms with Gasteiger partial charge >= 0.3 is 0 Å². The Morgan fingerprint density at radius 2 is 2.15 bits per heavy atom. The van der Waals surface area contributed by atoms with E-state index in [2.05, 4.69) is 9.88 Å². The third-order valence-corrected chi connectivity index (χ3v) is 6.38. The minimum atomic E-state index is 0.175. The highest BCUT2D eigenvalue weighted by molar-refractivity contribution is 5.79. The maximum absolute atomic E-state index is 12.4. The lowest BCUT2D eigenvalue weighted by Gasteiger charge is -2.41. The first kappa shape index (κ1) is 17.9. The molecule has 142 valence electrons. The summed E-state index contributed by atoms with van der Waals surface area (Å²) >= 11 is 0. The van der Waals surface area contributed by atoms with Gasteiger partial charge in [-0.05, 0) is 56.6 Å². The fourth-order valence-corrected chi connectivity index (χ4v) is 4.44. The van der Waals surface area contributed by atoms with E-state index in [0.29, 0.717) is 25.0 Å². The fraction of sp³-hybridized carbons (Fsp3) is 0.714. The van der Waals surface area contributed by atoms with Crippen LogP contribution in [0.5, 0.6) is 0 Å². The molecular weight excluding hydrogens is 328 g/mol. The molecule has 3 fully saturated rings. The molecular formula is C21H30N2O3. The number of aryl methyl sites for hydroxylation is 1. The molecule has 0 radical (unpaired) electrons. The van der Waals surface area contributed by atoms with Gasteiger partial charge in [-0.1, -0.05) is 12.5 Å². The molecule has 2 saturated heterocycles. The lowest BCUT2D eigenvalue weighted by molar-refractivity contribution is -0.140. The number of piperidine rings is 1. The quantitative estimate of drug-likeness (QED) is 0.812. The first-order chi connectivity index (χ1) is 12.6. The van der Waals surface area contributed by atoms with Crippen LogP contribution in [-0.4, -0.2) is 48.2 Å². The van der Waals surface area contributed by atoms with Crippen molar-refractivity contribution in [3.05, 3.63) is 29.6 Å². The zero-order chi connectivity index (χ0) is 18.0. The van der Waals surface area contributed by atoms with E-state index < -0.39 is 0 Å². The second kappa shape index (κ2) is 7.65. The number of hydrogen-bond acceptors (Lipinski definition) is 4. The third kappa shape index (κ3) is 3.94. The van der Waals surface area contributed by atoms with Crippen LogP contribution in [0.15, 0.2) is 18.2 Å². The second-order valence-corrected chi connectivity index (χ2v) is 8.38. The Kier molecular flexibility index (Phi) is 5.28. The average Bonchev–Trinajstić information content (AvgIpc) is 2.97. The molecule has 3 aliphatic rings. The van der Waals surface area contributed by atoms with Gasteiger partial charge in [-0.25, -0.2) is 0 Å². The number of nitrogens with zero attached hydrogens (tertiary/aromatic N) is 2. The predicted molar refractivity (Wildman–Crippen MR) is 98.6 cm³/mol. The monoisotopic (exact) mass is 358 g/mol. The highest BCUT2D eigenvalue weighted by Gasteiger charge is 2.44. The van der Waals surface area contributed by atoms with E-state index in [4.69, 9.17) is 9.47 Å². The number of aromatic nitrogens is 1. The van der Waals surface area contributed by atoms with Gasteiger partial charge in [0.1, 0.15) is 0 Å². The lowest BCUT2D eigenvalue weighted by atomic mass is 9.76. The van der Waals surface area contributed by atoms with E-state index >= 15 is 0 Å². The standard InChI is InChI=1S/C21H30N2O3/c1-16-4-2-7-18(22-16)13-25-14-19-12-21(15-26-19)8-10-23(11-9-21)20(24)17-5-3-6-17/h2,4,7,17,19H,3,5-6,8-15H2,1H3/t19-/m1/s1. The summed E-state index contributed by atoms with van der Waals surface area (Å²) in [5, 5.41) is 0. The molecule has 1 saturated carbocycles. The topological polar surface area (TPSA) is 51.7 Å². The van der Waals surface area contributed by atoms with E-state index in [1.54, 1.807) is 0 Å². The smallest absolute Gasteiger partial charge is 0.225 e. The molecule has 1 aromatic heterocycles. The van der Waals surface area contributed by atoms with E-state index in [1.165, 1.54) is 6.42 Å². The molecule has 0 aromatic carbocycles. The molecule has 5 nitrogen and oxygen atoms in total. The van der Waals surface area contributed by atoms with E-state index in [-0.39, 0.29) is 11.5 Å². The zero-order valence-corrected chi connectivity index (χ0v) is 15.8. The van der Waals surface area contributed by atoms with Crippen LogP contribution in [0.3, 0.4) is 0 Å². The van der Waals surface area contributed by atoms with Crippen molar-refractivity contribution in [1.29, 1.82) is 0 Å². The summed E-state index contributed by atoms with van der Waals surface area (Å²) in [6.45, 7) is 5.78. The van der Waals surface area contributed by atoms with Crippen LogP contribution in [0.4, 0.5) is 0 Å². The van der Waals surface area contributed by atoms with Crippen molar-refractivity contribution in [2.75, 3.05) is 26.3 Å². The number of likely N-dealkylation sites (tertiary alicyclic amines) is 1. The largest absolute Gasteiger partial charge is 0.375 e. The molecule has 0 bridgehead atoms. The van der Waals surface area contributed by atoms with Gasteiger partial charge in [0.15, 0.2) is 0 Å². The van der Waals surface area contributed by atoms with Crippen molar-refractivity contribution in [3.8, 4) is 0 Å². The van der Waals surface area contributed by atoms with E-state index in [9.17, 15) is 4.79 Å². The van der Waals surface area contributed by atoms with Gasteiger partial charge < -0.3 is 14.4 Å². The Balaban J connectivity index is 1.20. The Hall–Kier alpha value is -1.46. The lowest BCUT2D eigenvalue weighted by Crippen LogP contribution is -2.46. The summed E-state index contributed by atoms with van der Waals surface area (Å²) in [5.41, 5.74) is 2.25. The first-order valence-corrected chi connectivity index (χ1v) is 10.0. The normalized spacial score (nSPS) is 25.4. The molecule has 1 aliphatic carbocycles. The van der Waals surface area contributed by atoms with Gasteiger partial charge in [-0.3, -0.25) is 9.78 Å².